The van der Waals surface area contributed by atoms with E-state index in [0.717, 1.165) is 54.9 Å². The number of nitrogens with one attached hydrogen (secondary N) is 1. The molecule has 1 aliphatic carbocycles. The summed E-state index contributed by atoms with van der Waals surface area (Å²) >= 11 is 0. The number of ether oxygens (including phenoxy) is 1. The second-order valence-electron chi connectivity index (χ2n) is 8.43. The third-order valence-corrected chi connectivity index (χ3v) is 6.09. The van der Waals surface area contributed by atoms with Crippen LogP contribution in [-0.2, 0) is 4.74 Å². The molecule has 0 spiro atoms. The van der Waals surface area contributed by atoms with Gasteiger partial charge < -0.3 is 15.0 Å². The summed E-state index contributed by atoms with van der Waals surface area (Å²) in [5, 5.41) is 3.44. The van der Waals surface area contributed by atoms with E-state index in [4.69, 9.17) is 6.11 Å². The molecule has 2 aromatic carbocycles. The van der Waals surface area contributed by atoms with Crippen LogP contribution < -0.4 is 10.2 Å². The maximum absolute atomic E-state index is 13.6. The zero-order chi connectivity index (χ0) is 22.3. The Bertz CT molecular complexity index is 1050. The van der Waals surface area contributed by atoms with Crippen LogP contribution in [0.5, 0.6) is 0 Å². The van der Waals surface area contributed by atoms with Crippen LogP contribution in [0, 0.1) is 18.6 Å². The molecule has 2 aromatic rings. The lowest BCUT2D eigenvalue weighted by atomic mass is 10.0. The lowest BCUT2D eigenvalue weighted by molar-refractivity contribution is -0.0660. The Kier molecular flexibility index (Phi) is 5.18. The topological polar surface area (TPSA) is 27.7 Å². The van der Waals surface area contributed by atoms with Crippen molar-refractivity contribution >= 4 is 11.4 Å². The molecule has 2 aliphatic heterocycles. The number of halogens is 2. The SMILES string of the molecule is [2H]C1(N2CCN(c3cc(C)cc(NC4=CC(c5cc(F)cc(F)c5)C=C4)c3)CC2)COC1. The molecule has 0 aromatic heterocycles. The van der Waals surface area contributed by atoms with E-state index in [-0.39, 0.29) is 5.92 Å². The first-order valence-corrected chi connectivity index (χ1v) is 10.7. The van der Waals surface area contributed by atoms with Crippen molar-refractivity contribution in [1.29, 1.82) is 0 Å². The van der Waals surface area contributed by atoms with Crippen molar-refractivity contribution in [2.75, 3.05) is 49.6 Å². The van der Waals surface area contributed by atoms with E-state index in [1.807, 2.05) is 18.2 Å². The van der Waals surface area contributed by atoms with Gasteiger partial charge in [-0.1, -0.05) is 6.08 Å². The number of nitrogens with zero attached hydrogens (tertiary/aromatic N) is 2. The number of aryl methyl sites for hydroxylation is 1. The van der Waals surface area contributed by atoms with Gasteiger partial charge in [-0.15, -0.1) is 0 Å². The number of hydrogen-bond donors (Lipinski definition) is 1. The molecule has 6 heteroatoms. The monoisotopic (exact) mass is 424 g/mol. The fourth-order valence-corrected chi connectivity index (χ4v) is 4.41. The van der Waals surface area contributed by atoms with Crippen molar-refractivity contribution in [3.05, 3.63) is 83.1 Å². The molecule has 4 nitrogen and oxygen atoms in total. The Morgan fingerprint density at radius 1 is 1.00 bits per heavy atom. The summed E-state index contributed by atoms with van der Waals surface area (Å²) in [4.78, 5) is 4.57. The van der Waals surface area contributed by atoms with E-state index in [1.54, 1.807) is 0 Å². The number of piperazine rings is 1. The third kappa shape index (κ3) is 4.50. The van der Waals surface area contributed by atoms with Gasteiger partial charge in [-0.2, -0.15) is 0 Å². The van der Waals surface area contributed by atoms with E-state index < -0.39 is 17.7 Å². The molecule has 0 radical (unpaired) electrons. The number of benzene rings is 2. The molecule has 31 heavy (non-hydrogen) atoms. The first-order chi connectivity index (χ1) is 15.4. The zero-order valence-corrected chi connectivity index (χ0v) is 17.6. The molecule has 2 heterocycles. The van der Waals surface area contributed by atoms with Gasteiger partial charge in [-0.25, -0.2) is 8.78 Å². The molecule has 1 unspecified atom stereocenters. The van der Waals surface area contributed by atoms with Gasteiger partial charge in [0, 0.05) is 55.2 Å². The predicted molar refractivity (Wildman–Crippen MR) is 120 cm³/mol. The van der Waals surface area contributed by atoms with Gasteiger partial charge in [-0.3, -0.25) is 4.90 Å². The van der Waals surface area contributed by atoms with E-state index in [2.05, 4.69) is 40.2 Å². The highest BCUT2D eigenvalue weighted by Gasteiger charge is 2.29. The summed E-state index contributed by atoms with van der Waals surface area (Å²) in [7, 11) is 0. The van der Waals surface area contributed by atoms with E-state index in [1.165, 1.54) is 12.1 Å². The van der Waals surface area contributed by atoms with Crippen LogP contribution in [-0.4, -0.2) is 50.3 Å². The van der Waals surface area contributed by atoms with Crippen molar-refractivity contribution in [3.63, 3.8) is 0 Å². The van der Waals surface area contributed by atoms with Gasteiger partial charge >= 0.3 is 0 Å². The molecule has 0 amide bonds. The van der Waals surface area contributed by atoms with E-state index >= 15 is 0 Å². The molecule has 0 saturated carbocycles. The molecule has 3 aliphatic rings. The second-order valence-corrected chi connectivity index (χ2v) is 8.43. The molecule has 1 atom stereocenters. The first-order valence-electron chi connectivity index (χ1n) is 11.2. The number of anilines is 2. The van der Waals surface area contributed by atoms with Crippen LogP contribution in [0.15, 0.2) is 60.3 Å². The quantitative estimate of drug-likeness (QED) is 0.768. The highest BCUT2D eigenvalue weighted by molar-refractivity contribution is 5.64. The molecule has 0 bridgehead atoms. The average molecular weight is 425 g/mol. The third-order valence-electron chi connectivity index (χ3n) is 6.09. The molecule has 162 valence electrons. The minimum atomic E-state index is -0.562. The lowest BCUT2D eigenvalue weighted by Crippen LogP contribution is -2.56. The van der Waals surface area contributed by atoms with Crippen molar-refractivity contribution in [3.8, 4) is 0 Å². The van der Waals surface area contributed by atoms with Gasteiger partial charge in [0.1, 0.15) is 11.6 Å². The Morgan fingerprint density at radius 2 is 1.74 bits per heavy atom. The Hall–Kier alpha value is -2.70. The van der Waals surface area contributed by atoms with Gasteiger partial charge in [0.05, 0.1) is 20.6 Å². The lowest BCUT2D eigenvalue weighted by Gasteiger charge is -2.43. The fourth-order valence-electron chi connectivity index (χ4n) is 4.41. The summed E-state index contributed by atoms with van der Waals surface area (Å²) in [5.41, 5.74) is 4.80. The maximum atomic E-state index is 13.6. The second kappa shape index (κ2) is 8.44. The number of rotatable bonds is 5. The van der Waals surface area contributed by atoms with Gasteiger partial charge in [0.15, 0.2) is 0 Å². The number of allylic oxidation sites excluding steroid dienone is 3. The Morgan fingerprint density at radius 3 is 2.42 bits per heavy atom. The number of hydrogen-bond acceptors (Lipinski definition) is 4. The Labute approximate surface area is 183 Å². The summed E-state index contributed by atoms with van der Waals surface area (Å²) in [5.74, 6) is -1.28. The zero-order valence-electron chi connectivity index (χ0n) is 18.6. The van der Waals surface area contributed by atoms with Crippen LogP contribution in [0.25, 0.3) is 0 Å². The summed E-state index contributed by atoms with van der Waals surface area (Å²) in [6, 6.07) is 9.50. The van der Waals surface area contributed by atoms with Crippen LogP contribution in [0.2, 0.25) is 0 Å². The highest BCUT2D eigenvalue weighted by Crippen LogP contribution is 2.30. The molecular weight excluding hydrogens is 396 g/mol. The molecule has 5 rings (SSSR count). The first kappa shape index (κ1) is 19.0. The summed E-state index contributed by atoms with van der Waals surface area (Å²) in [6.07, 6.45) is 5.86. The van der Waals surface area contributed by atoms with Crippen molar-refractivity contribution in [2.24, 2.45) is 0 Å². The van der Waals surface area contributed by atoms with Crippen LogP contribution in [0.3, 0.4) is 0 Å². The Balaban J connectivity index is 1.27. The molecule has 2 saturated heterocycles. The smallest absolute Gasteiger partial charge is 0.126 e. The predicted octanol–water partition coefficient (Wildman–Crippen LogP) is 4.44. The molecular formula is C25H27F2N3O. The van der Waals surface area contributed by atoms with Gasteiger partial charge in [-0.05, 0) is 60.5 Å². The summed E-state index contributed by atoms with van der Waals surface area (Å²) < 4.78 is 40.8. The molecule has 2 fully saturated rings. The highest BCUT2D eigenvalue weighted by atomic mass is 19.1. The van der Waals surface area contributed by atoms with Crippen molar-refractivity contribution in [2.45, 2.75) is 18.9 Å². The minimum Gasteiger partial charge on any atom is -0.378 e. The van der Waals surface area contributed by atoms with Gasteiger partial charge in [0.25, 0.3) is 0 Å². The summed E-state index contributed by atoms with van der Waals surface area (Å²) in [6.45, 7) is 6.52. The van der Waals surface area contributed by atoms with Gasteiger partial charge in [0.2, 0.25) is 0 Å². The van der Waals surface area contributed by atoms with Crippen molar-refractivity contribution < 1.29 is 14.9 Å². The van der Waals surface area contributed by atoms with Crippen molar-refractivity contribution in [1.82, 2.24) is 4.90 Å². The van der Waals surface area contributed by atoms with Crippen LogP contribution >= 0.6 is 0 Å². The molecule has 1 N–H and O–H groups in total. The fraction of sp³-hybridized carbons (Fsp3) is 0.360. The van der Waals surface area contributed by atoms with E-state index in [9.17, 15) is 8.78 Å². The average Bonchev–Trinajstić information content (AvgIpc) is 3.19. The normalized spacial score (nSPS) is 23.3. The maximum Gasteiger partial charge on any atom is 0.126 e. The minimum absolute atomic E-state index is 0.160. The van der Waals surface area contributed by atoms with Crippen LogP contribution in [0.4, 0.5) is 20.2 Å². The largest absolute Gasteiger partial charge is 0.378 e. The standard InChI is InChI=1S/C25H27F2N3O/c1-17-8-23(14-24(9-17)29-4-6-30(7-5-29)25-15-31-16-25)28-22-3-2-18(12-22)19-10-20(26)13-21(27)11-19/h2-3,8-14,18,25,28H,4-7,15-16H2,1H3/i25D. The van der Waals surface area contributed by atoms with E-state index in [0.29, 0.717) is 18.8 Å². The van der Waals surface area contributed by atoms with Crippen LogP contribution in [0.1, 0.15) is 18.4 Å².